The molecule has 2 N–H and O–H groups in total. The number of aromatic nitrogens is 1. The van der Waals surface area contributed by atoms with Gasteiger partial charge in [-0.1, -0.05) is 18.2 Å². The number of thioether (sulfide) groups is 1. The summed E-state index contributed by atoms with van der Waals surface area (Å²) >= 11 is 1.77. The van der Waals surface area contributed by atoms with Crippen molar-refractivity contribution in [3.8, 4) is 0 Å². The van der Waals surface area contributed by atoms with Gasteiger partial charge in [-0.15, -0.1) is 36.6 Å². The van der Waals surface area contributed by atoms with Crippen LogP contribution in [0.25, 0.3) is 10.9 Å². The number of para-hydroxylation sites is 1. The number of halogens is 5. The number of piperazine rings is 1. The van der Waals surface area contributed by atoms with Crippen molar-refractivity contribution in [2.45, 2.75) is 43.9 Å². The highest BCUT2D eigenvalue weighted by Crippen LogP contribution is 2.36. The number of nitrogens with zero attached hydrogens (tertiary/aromatic N) is 4. The van der Waals surface area contributed by atoms with Crippen molar-refractivity contribution in [3.63, 3.8) is 0 Å². The maximum Gasteiger partial charge on any atom is 0.433 e. The molecule has 2 aliphatic heterocycles. The van der Waals surface area contributed by atoms with Crippen molar-refractivity contribution in [1.29, 1.82) is 0 Å². The van der Waals surface area contributed by atoms with E-state index in [1.807, 2.05) is 17.0 Å². The Kier molecular flexibility index (Phi) is 10.2. The molecule has 2 aromatic rings. The molecular weight excluding hydrogens is 546 g/mol. The number of nitrogens with two attached hydrogens (primary N) is 1. The number of hydrogen-bond donors (Lipinski definition) is 1. The fraction of sp³-hybridized carbons (Fsp3) is 0.600. The summed E-state index contributed by atoms with van der Waals surface area (Å²) in [6.07, 6.45) is -0.561. The quantitative estimate of drug-likeness (QED) is 0.569. The van der Waals surface area contributed by atoms with E-state index in [0.29, 0.717) is 30.3 Å². The van der Waals surface area contributed by atoms with Crippen molar-refractivity contribution in [2.24, 2.45) is 11.7 Å². The average molecular weight is 581 g/mol. The number of benzene rings is 1. The third-order valence-electron chi connectivity index (χ3n) is 7.75. The van der Waals surface area contributed by atoms with E-state index in [0.717, 1.165) is 62.3 Å². The first-order valence-electron chi connectivity index (χ1n) is 12.4. The van der Waals surface area contributed by atoms with Gasteiger partial charge in [-0.2, -0.15) is 13.2 Å². The van der Waals surface area contributed by atoms with Crippen LogP contribution in [-0.4, -0.2) is 77.1 Å². The number of carbonyl (C=O) groups is 1. The lowest BCUT2D eigenvalue weighted by molar-refractivity contribution is -0.141. The zero-order valence-corrected chi connectivity index (χ0v) is 23.0. The Hall–Kier alpha value is -1.46. The highest BCUT2D eigenvalue weighted by Gasteiger charge is 2.36. The van der Waals surface area contributed by atoms with E-state index in [1.54, 1.807) is 23.9 Å². The molecule has 1 amide bonds. The first-order chi connectivity index (χ1) is 16.8. The van der Waals surface area contributed by atoms with Crippen molar-refractivity contribution >= 4 is 59.1 Å². The van der Waals surface area contributed by atoms with E-state index in [1.165, 1.54) is 6.07 Å². The number of carbonyl (C=O) groups excluding carboxylic acids is 1. The summed E-state index contributed by atoms with van der Waals surface area (Å²) in [6.45, 7) is 3.77. The minimum absolute atomic E-state index is 0. The van der Waals surface area contributed by atoms with Gasteiger partial charge in [0.05, 0.1) is 17.4 Å². The highest BCUT2D eigenvalue weighted by atomic mass is 35.5. The standard InChI is InChI=1S/C25H32F3N5OS.2ClH/c26-25(27,28)22-15-21(19-3-1-2-4-20(19)30-22)32-11-9-31(10-12-32)18-7-5-17(6-8-18)23(29)24(34)33-13-14-35-16-33;;/h1-4,15,17-18,23H,5-14,16,29H2;2*1H/t17-,18-,23-;;/m0../s1. The molecule has 1 aromatic carbocycles. The maximum atomic E-state index is 13.5. The smallest absolute Gasteiger partial charge is 0.368 e. The molecule has 3 fully saturated rings. The number of amides is 1. The lowest BCUT2D eigenvalue weighted by atomic mass is 9.80. The molecule has 0 bridgehead atoms. The largest absolute Gasteiger partial charge is 0.433 e. The van der Waals surface area contributed by atoms with Gasteiger partial charge in [0, 0.05) is 55.6 Å². The molecule has 1 atom stereocenters. The van der Waals surface area contributed by atoms with Crippen LogP contribution in [0.4, 0.5) is 18.9 Å². The van der Waals surface area contributed by atoms with Crippen molar-refractivity contribution < 1.29 is 18.0 Å². The second-order valence-electron chi connectivity index (χ2n) is 9.80. The second-order valence-corrected chi connectivity index (χ2v) is 10.9. The van der Waals surface area contributed by atoms with Gasteiger partial charge >= 0.3 is 6.18 Å². The molecule has 1 aliphatic carbocycles. The predicted molar refractivity (Wildman–Crippen MR) is 148 cm³/mol. The summed E-state index contributed by atoms with van der Waals surface area (Å²) in [6, 6.07) is 8.27. The van der Waals surface area contributed by atoms with Crippen LogP contribution in [0.5, 0.6) is 0 Å². The number of fused-ring (bicyclic) bond motifs is 1. The zero-order valence-electron chi connectivity index (χ0n) is 20.5. The molecule has 12 heteroatoms. The Morgan fingerprint density at radius 3 is 2.32 bits per heavy atom. The van der Waals surface area contributed by atoms with Gasteiger partial charge in [0.15, 0.2) is 0 Å². The Labute approximate surface area is 232 Å². The predicted octanol–water partition coefficient (Wildman–Crippen LogP) is 4.64. The highest BCUT2D eigenvalue weighted by molar-refractivity contribution is 7.99. The monoisotopic (exact) mass is 579 g/mol. The molecule has 0 unspecified atom stereocenters. The van der Waals surface area contributed by atoms with Crippen LogP contribution in [0.2, 0.25) is 0 Å². The van der Waals surface area contributed by atoms with Crippen LogP contribution >= 0.6 is 36.6 Å². The molecule has 3 aliphatic rings. The summed E-state index contributed by atoms with van der Waals surface area (Å²) in [7, 11) is 0. The summed E-state index contributed by atoms with van der Waals surface area (Å²) < 4.78 is 40.4. The normalized spacial score (nSPS) is 23.9. The maximum absolute atomic E-state index is 13.5. The van der Waals surface area contributed by atoms with Crippen LogP contribution < -0.4 is 10.6 Å². The van der Waals surface area contributed by atoms with Gasteiger partial charge in [0.1, 0.15) is 5.69 Å². The molecule has 1 saturated carbocycles. The number of hydrogen-bond acceptors (Lipinski definition) is 6. The number of rotatable bonds is 4. The van der Waals surface area contributed by atoms with Crippen LogP contribution in [0.15, 0.2) is 30.3 Å². The molecule has 6 nitrogen and oxygen atoms in total. The third kappa shape index (κ3) is 6.58. The summed E-state index contributed by atoms with van der Waals surface area (Å²) in [5.41, 5.74) is 6.50. The van der Waals surface area contributed by atoms with Gasteiger partial charge in [-0.05, 0) is 43.7 Å². The van der Waals surface area contributed by atoms with E-state index < -0.39 is 17.9 Å². The third-order valence-corrected chi connectivity index (χ3v) is 8.72. The average Bonchev–Trinajstić information content (AvgIpc) is 3.42. The first kappa shape index (κ1) is 30.1. The van der Waals surface area contributed by atoms with Crippen molar-refractivity contribution in [3.05, 3.63) is 36.0 Å². The fourth-order valence-electron chi connectivity index (χ4n) is 5.72. The van der Waals surface area contributed by atoms with E-state index in [2.05, 4.69) is 14.8 Å². The number of anilines is 1. The molecule has 206 valence electrons. The lowest BCUT2D eigenvalue weighted by Crippen LogP contribution is -2.53. The van der Waals surface area contributed by atoms with E-state index in [4.69, 9.17) is 5.73 Å². The Morgan fingerprint density at radius 1 is 1.03 bits per heavy atom. The molecule has 37 heavy (non-hydrogen) atoms. The van der Waals surface area contributed by atoms with E-state index >= 15 is 0 Å². The van der Waals surface area contributed by atoms with Crippen molar-refractivity contribution in [2.75, 3.05) is 49.3 Å². The zero-order chi connectivity index (χ0) is 24.6. The van der Waals surface area contributed by atoms with Gasteiger partial charge < -0.3 is 15.5 Å². The summed E-state index contributed by atoms with van der Waals surface area (Å²) in [5, 5.41) is 0.754. The van der Waals surface area contributed by atoms with Crippen LogP contribution in [-0.2, 0) is 11.0 Å². The second kappa shape index (κ2) is 12.6. The molecule has 5 rings (SSSR count). The molecule has 1 aromatic heterocycles. The minimum atomic E-state index is -4.48. The molecule has 0 spiro atoms. The van der Waals surface area contributed by atoms with Gasteiger partial charge in [-0.25, -0.2) is 4.98 Å². The Balaban J connectivity index is 0.00000190. The Morgan fingerprint density at radius 2 is 1.70 bits per heavy atom. The molecule has 0 radical (unpaired) electrons. The van der Waals surface area contributed by atoms with Crippen molar-refractivity contribution in [1.82, 2.24) is 14.8 Å². The SMILES string of the molecule is Cl.Cl.N[C@H](C(=O)N1CCSC1)[C@H]1CC[C@H](N2CCN(c3cc(C(F)(F)F)nc4ccccc34)CC2)CC1. The topological polar surface area (TPSA) is 65.7 Å². The lowest BCUT2D eigenvalue weighted by Gasteiger charge is -2.43. The van der Waals surface area contributed by atoms with Crippen LogP contribution in [0.3, 0.4) is 0 Å². The molecular formula is C25H34Cl2F3N5OS. The van der Waals surface area contributed by atoms with Gasteiger partial charge in [0.25, 0.3) is 0 Å². The number of pyridine rings is 1. The van der Waals surface area contributed by atoms with E-state index in [9.17, 15) is 18.0 Å². The van der Waals surface area contributed by atoms with Crippen LogP contribution in [0.1, 0.15) is 31.4 Å². The van der Waals surface area contributed by atoms with Gasteiger partial charge in [-0.3, -0.25) is 9.69 Å². The summed E-state index contributed by atoms with van der Waals surface area (Å²) in [4.78, 5) is 22.9. The summed E-state index contributed by atoms with van der Waals surface area (Å²) in [5.74, 6) is 2.07. The fourth-order valence-corrected chi connectivity index (χ4v) is 6.67. The Bertz CT molecular complexity index is 1060. The molecule has 2 saturated heterocycles. The first-order valence-corrected chi connectivity index (χ1v) is 13.5. The number of alkyl halides is 3. The minimum Gasteiger partial charge on any atom is -0.368 e. The van der Waals surface area contributed by atoms with Gasteiger partial charge in [0.2, 0.25) is 5.91 Å². The molecule has 3 heterocycles. The van der Waals surface area contributed by atoms with E-state index in [-0.39, 0.29) is 36.6 Å². The van der Waals surface area contributed by atoms with Crippen LogP contribution in [0, 0.1) is 5.92 Å².